The van der Waals surface area contributed by atoms with Crippen LogP contribution in [-0.4, -0.2) is 28.5 Å². The maximum atomic E-state index is 13.1. The summed E-state index contributed by atoms with van der Waals surface area (Å²) in [7, 11) is 0. The summed E-state index contributed by atoms with van der Waals surface area (Å²) >= 11 is 0. The van der Waals surface area contributed by atoms with E-state index in [-0.39, 0.29) is 24.7 Å². The number of halogens is 1. The average Bonchev–Trinajstić information content (AvgIpc) is 2.78. The average molecular weight is 292 g/mol. The van der Waals surface area contributed by atoms with E-state index in [1.807, 2.05) is 0 Å². The number of nitrogens with one attached hydrogen (secondary N) is 2. The molecule has 2 aromatic rings. The van der Waals surface area contributed by atoms with E-state index in [1.54, 1.807) is 26.1 Å². The lowest BCUT2D eigenvalue weighted by Gasteiger charge is -2.19. The first-order chi connectivity index (χ1) is 9.79. The van der Waals surface area contributed by atoms with Gasteiger partial charge in [-0.05, 0) is 37.6 Å². The summed E-state index contributed by atoms with van der Waals surface area (Å²) in [5.74, 6) is -1.58. The van der Waals surface area contributed by atoms with Crippen LogP contribution in [0, 0.1) is 11.2 Å². The zero-order valence-electron chi connectivity index (χ0n) is 11.9. The van der Waals surface area contributed by atoms with Crippen molar-refractivity contribution in [1.82, 2.24) is 10.3 Å². The molecule has 0 atom stereocenters. The summed E-state index contributed by atoms with van der Waals surface area (Å²) in [5.41, 5.74) is 0.359. The largest absolute Gasteiger partial charge is 0.481 e. The van der Waals surface area contributed by atoms with Crippen LogP contribution in [0.5, 0.6) is 0 Å². The Kier molecular flexibility index (Phi) is 3.97. The molecular weight excluding hydrogens is 275 g/mol. The number of H-pyrrole nitrogens is 1. The molecule has 3 N–H and O–H groups in total. The lowest BCUT2D eigenvalue weighted by molar-refractivity contribution is -0.146. The Morgan fingerprint density at radius 1 is 1.38 bits per heavy atom. The molecule has 0 fully saturated rings. The lowest BCUT2D eigenvalue weighted by atomic mass is 9.94. The topological polar surface area (TPSA) is 82.2 Å². The van der Waals surface area contributed by atoms with Crippen LogP contribution < -0.4 is 5.32 Å². The van der Waals surface area contributed by atoms with Crippen molar-refractivity contribution in [3.05, 3.63) is 35.8 Å². The fourth-order valence-electron chi connectivity index (χ4n) is 1.94. The summed E-state index contributed by atoms with van der Waals surface area (Å²) in [4.78, 5) is 25.8. The van der Waals surface area contributed by atoms with Crippen molar-refractivity contribution in [3.8, 4) is 0 Å². The zero-order chi connectivity index (χ0) is 15.6. The van der Waals surface area contributed by atoms with Crippen LogP contribution in [0.1, 0.15) is 19.4 Å². The second kappa shape index (κ2) is 5.55. The van der Waals surface area contributed by atoms with Gasteiger partial charge in [-0.25, -0.2) is 4.39 Å². The minimum atomic E-state index is -1.01. The number of carbonyl (C=O) groups excluding carboxylic acids is 1. The van der Waals surface area contributed by atoms with Gasteiger partial charge >= 0.3 is 5.97 Å². The van der Waals surface area contributed by atoms with E-state index < -0.39 is 11.4 Å². The minimum absolute atomic E-state index is 0.0537. The van der Waals surface area contributed by atoms with Crippen molar-refractivity contribution >= 4 is 22.8 Å². The number of carboxylic acid groups (broad SMARTS) is 1. The third-order valence-electron chi connectivity index (χ3n) is 3.39. The molecule has 0 radical (unpaired) electrons. The number of amides is 1. The van der Waals surface area contributed by atoms with Crippen LogP contribution in [-0.2, 0) is 16.0 Å². The molecule has 2 rings (SSSR count). The first kappa shape index (κ1) is 15.0. The number of rotatable bonds is 5. The van der Waals surface area contributed by atoms with E-state index in [9.17, 15) is 14.0 Å². The van der Waals surface area contributed by atoms with Gasteiger partial charge in [0.05, 0.1) is 11.8 Å². The standard InChI is InChI=1S/C15H17FN2O3/c1-15(2,14(20)21)8-18-13(19)5-9-7-17-12-6-10(16)3-4-11(9)12/h3-4,6-7,17H,5,8H2,1-2H3,(H,18,19)(H,20,21). The number of hydrogen-bond donors (Lipinski definition) is 3. The monoisotopic (exact) mass is 292 g/mol. The van der Waals surface area contributed by atoms with Crippen molar-refractivity contribution in [2.75, 3.05) is 6.54 Å². The second-order valence-corrected chi connectivity index (χ2v) is 5.65. The van der Waals surface area contributed by atoms with Gasteiger partial charge in [-0.15, -0.1) is 0 Å². The van der Waals surface area contributed by atoms with Gasteiger partial charge in [0.2, 0.25) is 5.91 Å². The van der Waals surface area contributed by atoms with Gasteiger partial charge < -0.3 is 15.4 Å². The molecule has 1 amide bonds. The van der Waals surface area contributed by atoms with E-state index in [0.29, 0.717) is 5.52 Å². The van der Waals surface area contributed by atoms with Gasteiger partial charge in [0.15, 0.2) is 0 Å². The second-order valence-electron chi connectivity index (χ2n) is 5.65. The lowest BCUT2D eigenvalue weighted by Crippen LogP contribution is -2.39. The van der Waals surface area contributed by atoms with E-state index >= 15 is 0 Å². The number of fused-ring (bicyclic) bond motifs is 1. The number of aromatic amines is 1. The quantitative estimate of drug-likeness (QED) is 0.789. The highest BCUT2D eigenvalue weighted by molar-refractivity contribution is 5.89. The first-order valence-corrected chi connectivity index (χ1v) is 6.55. The van der Waals surface area contributed by atoms with Crippen LogP contribution >= 0.6 is 0 Å². The fourth-order valence-corrected chi connectivity index (χ4v) is 1.94. The predicted octanol–water partition coefficient (Wildman–Crippen LogP) is 2.08. The molecule has 0 aliphatic carbocycles. The predicted molar refractivity (Wildman–Crippen MR) is 76.4 cm³/mol. The molecule has 0 bridgehead atoms. The number of aromatic nitrogens is 1. The normalized spacial score (nSPS) is 11.6. The highest BCUT2D eigenvalue weighted by atomic mass is 19.1. The third-order valence-corrected chi connectivity index (χ3v) is 3.39. The third kappa shape index (κ3) is 3.39. The molecular formula is C15H17FN2O3. The fraction of sp³-hybridized carbons (Fsp3) is 0.333. The van der Waals surface area contributed by atoms with E-state index in [4.69, 9.17) is 5.11 Å². The molecule has 0 aliphatic rings. The molecule has 0 spiro atoms. The Bertz CT molecular complexity index is 691. The van der Waals surface area contributed by atoms with Crippen LogP contribution in [0.4, 0.5) is 4.39 Å². The Balaban J connectivity index is 2.04. The summed E-state index contributed by atoms with van der Waals surface area (Å²) < 4.78 is 13.1. The van der Waals surface area contributed by atoms with Gasteiger partial charge in [0.25, 0.3) is 0 Å². The molecule has 112 valence electrons. The molecule has 1 aromatic heterocycles. The Labute approximate surface area is 121 Å². The van der Waals surface area contributed by atoms with Crippen molar-refractivity contribution < 1.29 is 19.1 Å². The molecule has 1 heterocycles. The van der Waals surface area contributed by atoms with Crippen molar-refractivity contribution in [2.24, 2.45) is 5.41 Å². The Hall–Kier alpha value is -2.37. The molecule has 0 saturated heterocycles. The van der Waals surface area contributed by atoms with Crippen LogP contribution in [0.2, 0.25) is 0 Å². The summed E-state index contributed by atoms with van der Waals surface area (Å²) in [6, 6.07) is 4.32. The summed E-state index contributed by atoms with van der Waals surface area (Å²) in [6.45, 7) is 3.15. The smallest absolute Gasteiger partial charge is 0.310 e. The molecule has 0 saturated carbocycles. The van der Waals surface area contributed by atoms with E-state index in [1.165, 1.54) is 12.1 Å². The molecule has 0 unspecified atom stereocenters. The van der Waals surface area contributed by atoms with Gasteiger partial charge in [-0.3, -0.25) is 9.59 Å². The zero-order valence-corrected chi connectivity index (χ0v) is 11.9. The maximum Gasteiger partial charge on any atom is 0.310 e. The van der Waals surface area contributed by atoms with Gasteiger partial charge in [-0.2, -0.15) is 0 Å². The van der Waals surface area contributed by atoms with Crippen molar-refractivity contribution in [3.63, 3.8) is 0 Å². The molecule has 5 nitrogen and oxygen atoms in total. The number of aliphatic carboxylic acids is 1. The number of hydrogen-bond acceptors (Lipinski definition) is 2. The molecule has 0 aliphatic heterocycles. The Morgan fingerprint density at radius 2 is 2.10 bits per heavy atom. The SMILES string of the molecule is CC(C)(CNC(=O)Cc1c[nH]c2cc(F)ccc12)C(=O)O. The Morgan fingerprint density at radius 3 is 2.76 bits per heavy atom. The van der Waals surface area contributed by atoms with E-state index in [2.05, 4.69) is 10.3 Å². The first-order valence-electron chi connectivity index (χ1n) is 6.55. The molecule has 1 aromatic carbocycles. The van der Waals surface area contributed by atoms with Gasteiger partial charge in [-0.1, -0.05) is 0 Å². The number of benzene rings is 1. The number of carbonyl (C=O) groups is 2. The van der Waals surface area contributed by atoms with Crippen molar-refractivity contribution in [2.45, 2.75) is 20.3 Å². The maximum absolute atomic E-state index is 13.1. The summed E-state index contributed by atoms with van der Waals surface area (Å²) in [5, 5.41) is 12.4. The summed E-state index contributed by atoms with van der Waals surface area (Å²) in [6.07, 6.45) is 1.77. The van der Waals surface area contributed by atoms with Crippen LogP contribution in [0.25, 0.3) is 10.9 Å². The van der Waals surface area contributed by atoms with Gasteiger partial charge in [0.1, 0.15) is 5.82 Å². The highest BCUT2D eigenvalue weighted by Gasteiger charge is 2.27. The molecule has 21 heavy (non-hydrogen) atoms. The highest BCUT2D eigenvalue weighted by Crippen LogP contribution is 2.20. The number of carboxylic acids is 1. The van der Waals surface area contributed by atoms with Crippen LogP contribution in [0.3, 0.4) is 0 Å². The van der Waals surface area contributed by atoms with Gasteiger partial charge in [0, 0.05) is 23.6 Å². The van der Waals surface area contributed by atoms with Crippen molar-refractivity contribution in [1.29, 1.82) is 0 Å². The molecule has 6 heteroatoms. The minimum Gasteiger partial charge on any atom is -0.481 e. The van der Waals surface area contributed by atoms with E-state index in [0.717, 1.165) is 10.9 Å². The van der Waals surface area contributed by atoms with Crippen LogP contribution in [0.15, 0.2) is 24.4 Å².